The maximum Gasteiger partial charge on any atom is 0.417 e. The summed E-state index contributed by atoms with van der Waals surface area (Å²) in [5.74, 6) is -0.491. The lowest BCUT2D eigenvalue weighted by Gasteiger charge is -2.09. The van der Waals surface area contributed by atoms with Gasteiger partial charge in [-0.05, 0) is 23.8 Å². The predicted octanol–water partition coefficient (Wildman–Crippen LogP) is 2.97. The molecule has 0 aliphatic rings. The number of hydrogen-bond acceptors (Lipinski definition) is 4. The Labute approximate surface area is 119 Å². The Balaban J connectivity index is 1.84. The molecule has 1 aromatic heterocycles. The molecule has 20 heavy (non-hydrogen) atoms. The average molecular weight is 290 g/mol. The van der Waals surface area contributed by atoms with Gasteiger partial charge in [-0.3, -0.25) is 4.98 Å². The van der Waals surface area contributed by atoms with Crippen LogP contribution in [0.25, 0.3) is 11.1 Å². The summed E-state index contributed by atoms with van der Waals surface area (Å²) in [5, 5.41) is 3.92. The topological polar surface area (TPSA) is 84.0 Å². The number of aromatic nitrogens is 1. The van der Waals surface area contributed by atoms with Crippen molar-refractivity contribution in [1.29, 1.82) is 0 Å². The number of nitrogen functional groups attached to an aromatic ring is 1. The summed E-state index contributed by atoms with van der Waals surface area (Å²) in [6.45, 7) is 0.606. The Morgan fingerprint density at radius 3 is 2.75 bits per heavy atom. The second-order valence-electron chi connectivity index (χ2n) is 4.43. The summed E-state index contributed by atoms with van der Waals surface area (Å²) in [5.41, 5.74) is 9.33. The highest BCUT2D eigenvalue weighted by atomic mass is 35.5. The zero-order valence-corrected chi connectivity index (χ0v) is 11.2. The summed E-state index contributed by atoms with van der Waals surface area (Å²) in [7, 11) is 0. The van der Waals surface area contributed by atoms with E-state index in [2.05, 4.69) is 10.3 Å². The predicted molar refractivity (Wildman–Crippen MR) is 80.0 cm³/mol. The maximum atomic E-state index is 11.1. The molecule has 4 N–H and O–H groups in total. The molecular weight excluding hydrogens is 278 g/mol. The lowest BCUT2D eigenvalue weighted by Crippen LogP contribution is -2.02. The van der Waals surface area contributed by atoms with E-state index in [9.17, 15) is 4.79 Å². The molecule has 0 atom stereocenters. The number of nitrogens with two attached hydrogens (primary N) is 1. The Morgan fingerprint density at radius 1 is 1.25 bits per heavy atom. The van der Waals surface area contributed by atoms with Crippen molar-refractivity contribution in [1.82, 2.24) is 4.98 Å². The third kappa shape index (κ3) is 2.48. The van der Waals surface area contributed by atoms with Gasteiger partial charge in [0.1, 0.15) is 0 Å². The molecule has 0 aliphatic heterocycles. The number of hydrogen-bond donors (Lipinski definition) is 3. The Bertz CT molecular complexity index is 805. The number of benzene rings is 2. The number of halogens is 1. The molecule has 0 unspecified atom stereocenters. The molecule has 0 bridgehead atoms. The smallest absolute Gasteiger partial charge is 0.408 e. The van der Waals surface area contributed by atoms with E-state index in [4.69, 9.17) is 21.8 Å². The van der Waals surface area contributed by atoms with Gasteiger partial charge >= 0.3 is 5.76 Å². The van der Waals surface area contributed by atoms with E-state index in [1.165, 1.54) is 0 Å². The van der Waals surface area contributed by atoms with Gasteiger partial charge in [-0.2, -0.15) is 0 Å². The molecule has 102 valence electrons. The van der Waals surface area contributed by atoms with E-state index >= 15 is 0 Å². The number of rotatable bonds is 3. The van der Waals surface area contributed by atoms with Gasteiger partial charge in [-0.1, -0.05) is 23.7 Å². The number of oxazole rings is 1. The van der Waals surface area contributed by atoms with Gasteiger partial charge in [0.15, 0.2) is 5.58 Å². The van der Waals surface area contributed by atoms with Crippen molar-refractivity contribution in [2.45, 2.75) is 6.54 Å². The van der Waals surface area contributed by atoms with E-state index in [1.54, 1.807) is 12.1 Å². The van der Waals surface area contributed by atoms with Crippen LogP contribution in [0, 0.1) is 0 Å². The lowest BCUT2D eigenvalue weighted by molar-refractivity contribution is 0.555. The van der Waals surface area contributed by atoms with Crippen LogP contribution >= 0.6 is 11.6 Å². The van der Waals surface area contributed by atoms with Crippen LogP contribution in [0.1, 0.15) is 5.56 Å². The largest absolute Gasteiger partial charge is 0.417 e. The van der Waals surface area contributed by atoms with Gasteiger partial charge in [0.25, 0.3) is 0 Å². The number of anilines is 2. The van der Waals surface area contributed by atoms with Crippen LogP contribution in [-0.4, -0.2) is 4.98 Å². The lowest BCUT2D eigenvalue weighted by atomic mass is 10.2. The Kier molecular flexibility index (Phi) is 3.12. The third-order valence-corrected chi connectivity index (χ3v) is 3.24. The molecule has 0 amide bonds. The zero-order chi connectivity index (χ0) is 14.1. The molecule has 0 spiro atoms. The average Bonchev–Trinajstić information content (AvgIpc) is 2.77. The maximum absolute atomic E-state index is 11.1. The van der Waals surface area contributed by atoms with Gasteiger partial charge in [0.2, 0.25) is 0 Å². The third-order valence-electron chi connectivity index (χ3n) is 2.99. The Morgan fingerprint density at radius 2 is 2.00 bits per heavy atom. The first-order chi connectivity index (χ1) is 9.61. The van der Waals surface area contributed by atoms with Crippen LogP contribution in [0.2, 0.25) is 5.02 Å². The first-order valence-corrected chi connectivity index (χ1v) is 6.40. The summed E-state index contributed by atoms with van der Waals surface area (Å²) in [6.07, 6.45) is 0. The highest BCUT2D eigenvalue weighted by Gasteiger charge is 2.06. The number of fused-ring (bicyclic) bond motifs is 1. The summed E-state index contributed by atoms with van der Waals surface area (Å²) >= 11 is 5.84. The van der Waals surface area contributed by atoms with Gasteiger partial charge in [-0.25, -0.2) is 4.79 Å². The first kappa shape index (κ1) is 12.6. The monoisotopic (exact) mass is 289 g/mol. The van der Waals surface area contributed by atoms with Gasteiger partial charge in [0.05, 0.1) is 16.9 Å². The van der Waals surface area contributed by atoms with Gasteiger partial charge < -0.3 is 15.5 Å². The molecule has 0 aliphatic carbocycles. The molecule has 2 aromatic carbocycles. The van der Waals surface area contributed by atoms with E-state index < -0.39 is 5.76 Å². The molecular formula is C14H12ClN3O2. The minimum atomic E-state index is -0.491. The van der Waals surface area contributed by atoms with Crippen molar-refractivity contribution in [2.24, 2.45) is 0 Å². The second kappa shape index (κ2) is 4.94. The molecule has 0 saturated carbocycles. The molecule has 3 aromatic rings. The van der Waals surface area contributed by atoms with E-state index in [0.29, 0.717) is 28.4 Å². The quantitative estimate of drug-likeness (QED) is 0.647. The zero-order valence-electron chi connectivity index (χ0n) is 10.4. The number of H-pyrrole nitrogens is 1. The molecule has 0 saturated heterocycles. The molecule has 0 radical (unpaired) electrons. The minimum absolute atomic E-state index is 0.449. The van der Waals surface area contributed by atoms with E-state index in [0.717, 1.165) is 11.3 Å². The molecule has 0 fully saturated rings. The molecule has 3 rings (SSSR count). The van der Waals surface area contributed by atoms with Crippen molar-refractivity contribution in [3.8, 4) is 0 Å². The number of nitrogens with one attached hydrogen (secondary N) is 2. The SMILES string of the molecule is Nc1cc2oc(=O)[nH]c2cc1NCc1ccc(Cl)cc1. The van der Waals surface area contributed by atoms with Crippen molar-refractivity contribution < 1.29 is 4.42 Å². The van der Waals surface area contributed by atoms with Crippen LogP contribution in [0.4, 0.5) is 11.4 Å². The normalized spacial score (nSPS) is 10.8. The van der Waals surface area contributed by atoms with Gasteiger partial charge in [0, 0.05) is 17.6 Å². The van der Waals surface area contributed by atoms with Crippen molar-refractivity contribution in [2.75, 3.05) is 11.1 Å². The standard InChI is InChI=1S/C14H12ClN3O2/c15-9-3-1-8(2-4-9)7-17-11-6-12-13(5-10(11)16)20-14(19)18-12/h1-6,17H,7,16H2,(H,18,19). The highest BCUT2D eigenvalue weighted by molar-refractivity contribution is 6.30. The van der Waals surface area contributed by atoms with Crippen LogP contribution in [-0.2, 0) is 6.54 Å². The molecule has 1 heterocycles. The Hall–Kier alpha value is -2.40. The fourth-order valence-electron chi connectivity index (χ4n) is 1.97. The van der Waals surface area contributed by atoms with E-state index in [1.807, 2.05) is 24.3 Å². The minimum Gasteiger partial charge on any atom is -0.408 e. The van der Waals surface area contributed by atoms with Gasteiger partial charge in [-0.15, -0.1) is 0 Å². The summed E-state index contributed by atoms with van der Waals surface area (Å²) in [6, 6.07) is 10.9. The summed E-state index contributed by atoms with van der Waals surface area (Å²) < 4.78 is 4.95. The van der Waals surface area contributed by atoms with Crippen molar-refractivity contribution in [3.05, 3.63) is 57.5 Å². The number of aromatic amines is 1. The second-order valence-corrected chi connectivity index (χ2v) is 4.87. The first-order valence-electron chi connectivity index (χ1n) is 6.02. The van der Waals surface area contributed by atoms with Crippen LogP contribution in [0.3, 0.4) is 0 Å². The van der Waals surface area contributed by atoms with E-state index in [-0.39, 0.29) is 0 Å². The fraction of sp³-hybridized carbons (Fsp3) is 0.0714. The van der Waals surface area contributed by atoms with Crippen molar-refractivity contribution >= 4 is 34.1 Å². The fourth-order valence-corrected chi connectivity index (χ4v) is 2.09. The van der Waals surface area contributed by atoms with Crippen LogP contribution < -0.4 is 16.8 Å². The molecule has 5 nitrogen and oxygen atoms in total. The highest BCUT2D eigenvalue weighted by Crippen LogP contribution is 2.25. The van der Waals surface area contributed by atoms with Crippen LogP contribution in [0.5, 0.6) is 0 Å². The van der Waals surface area contributed by atoms with Crippen molar-refractivity contribution in [3.63, 3.8) is 0 Å². The van der Waals surface area contributed by atoms with Crippen LogP contribution in [0.15, 0.2) is 45.6 Å². The molecule has 6 heteroatoms. The summed E-state index contributed by atoms with van der Waals surface area (Å²) in [4.78, 5) is 13.7.